The summed E-state index contributed by atoms with van der Waals surface area (Å²) in [5.41, 5.74) is 0.587. The van der Waals surface area contributed by atoms with E-state index in [1.54, 1.807) is 0 Å². The van der Waals surface area contributed by atoms with Gasteiger partial charge in [0.2, 0.25) is 0 Å². The first-order chi connectivity index (χ1) is 7.97. The number of ether oxygens (including phenoxy) is 1. The highest BCUT2D eigenvalue weighted by Crippen LogP contribution is 2.52. The van der Waals surface area contributed by atoms with Crippen molar-refractivity contribution in [1.29, 1.82) is 0 Å². The smallest absolute Gasteiger partial charge is 0.306 e. The minimum Gasteiger partial charge on any atom is -0.462 e. The molecule has 1 aliphatic heterocycles. The maximum absolute atomic E-state index is 11.4. The Labute approximate surface area is 102 Å². The molecule has 1 N–H and O–H groups in total. The molecule has 0 aromatic heterocycles. The molecule has 3 aliphatic rings. The van der Waals surface area contributed by atoms with Gasteiger partial charge in [-0.25, -0.2) is 0 Å². The predicted octanol–water partition coefficient (Wildman–Crippen LogP) is 2.05. The van der Waals surface area contributed by atoms with E-state index in [4.69, 9.17) is 4.74 Å². The van der Waals surface area contributed by atoms with Gasteiger partial charge in [-0.2, -0.15) is 0 Å². The van der Waals surface area contributed by atoms with Crippen LogP contribution in [0.3, 0.4) is 0 Å². The van der Waals surface area contributed by atoms with Crippen molar-refractivity contribution in [2.24, 2.45) is 17.8 Å². The molecular weight excluding hydrogens is 216 g/mol. The molecule has 3 heteroatoms. The molecule has 0 aromatic carbocycles. The fraction of sp³-hybridized carbons (Fsp3) is 0.786. The van der Waals surface area contributed by atoms with Crippen molar-refractivity contribution >= 4 is 5.97 Å². The molecule has 17 heavy (non-hydrogen) atoms. The Bertz CT molecular complexity index is 372. The molecule has 1 saturated heterocycles. The first-order valence-corrected chi connectivity index (χ1v) is 6.57. The van der Waals surface area contributed by atoms with Crippen LogP contribution in [0.4, 0.5) is 0 Å². The summed E-state index contributed by atoms with van der Waals surface area (Å²) in [6.07, 6.45) is 4.14. The molecule has 2 aliphatic carbocycles. The number of carbonyl (C=O) groups is 1. The molecule has 3 rings (SSSR count). The van der Waals surface area contributed by atoms with Crippen molar-refractivity contribution in [3.05, 3.63) is 12.2 Å². The van der Waals surface area contributed by atoms with Gasteiger partial charge in [-0.1, -0.05) is 12.2 Å². The first kappa shape index (κ1) is 11.3. The topological polar surface area (TPSA) is 46.5 Å². The summed E-state index contributed by atoms with van der Waals surface area (Å²) < 4.78 is 5.37. The number of hydrogen-bond donors (Lipinski definition) is 1. The van der Waals surface area contributed by atoms with Gasteiger partial charge in [0.15, 0.2) is 0 Å². The van der Waals surface area contributed by atoms with E-state index in [0.29, 0.717) is 18.3 Å². The second-order valence-electron chi connectivity index (χ2n) is 6.20. The SMILES string of the molecule is C=C1C[C@@H]2OC(=O)C[C@H]2C[C@@H]2[C@@H]1CC[C@@]2(C)O. The molecule has 0 radical (unpaired) electrons. The summed E-state index contributed by atoms with van der Waals surface area (Å²) in [6.45, 7) is 6.10. The van der Waals surface area contributed by atoms with Gasteiger partial charge in [0.25, 0.3) is 0 Å². The number of esters is 1. The summed E-state index contributed by atoms with van der Waals surface area (Å²) >= 11 is 0. The van der Waals surface area contributed by atoms with Crippen LogP contribution in [0.5, 0.6) is 0 Å². The van der Waals surface area contributed by atoms with Crippen LogP contribution in [0.25, 0.3) is 0 Å². The Balaban J connectivity index is 1.89. The standard InChI is InChI=1S/C14H20O3/c1-8-5-12-9(7-13(15)17-12)6-11-10(8)3-4-14(11,2)16/h9-12,16H,1,3-7H2,2H3/t9-,10-,11-,12+,14-/m1/s1. The highest BCUT2D eigenvalue weighted by molar-refractivity contribution is 5.72. The Morgan fingerprint density at radius 1 is 1.47 bits per heavy atom. The maximum Gasteiger partial charge on any atom is 0.306 e. The second kappa shape index (κ2) is 3.58. The summed E-state index contributed by atoms with van der Waals surface area (Å²) in [5.74, 6) is 0.900. The Morgan fingerprint density at radius 2 is 2.24 bits per heavy atom. The van der Waals surface area contributed by atoms with Gasteiger partial charge in [-0.15, -0.1) is 0 Å². The Morgan fingerprint density at radius 3 is 3.00 bits per heavy atom. The molecule has 1 heterocycles. The summed E-state index contributed by atoms with van der Waals surface area (Å²) in [4.78, 5) is 11.4. The highest BCUT2D eigenvalue weighted by atomic mass is 16.5. The van der Waals surface area contributed by atoms with Crippen molar-refractivity contribution in [3.8, 4) is 0 Å². The molecule has 0 aromatic rings. The fourth-order valence-electron chi connectivity index (χ4n) is 4.01. The monoisotopic (exact) mass is 236 g/mol. The fourth-order valence-corrected chi connectivity index (χ4v) is 4.01. The summed E-state index contributed by atoms with van der Waals surface area (Å²) in [7, 11) is 0. The van der Waals surface area contributed by atoms with Gasteiger partial charge in [-0.05, 0) is 38.0 Å². The number of rotatable bonds is 0. The third-order valence-electron chi connectivity index (χ3n) is 5.03. The van der Waals surface area contributed by atoms with E-state index < -0.39 is 5.60 Å². The van der Waals surface area contributed by atoms with Crippen LogP contribution in [0.1, 0.15) is 39.0 Å². The van der Waals surface area contributed by atoms with E-state index in [1.807, 2.05) is 6.92 Å². The van der Waals surface area contributed by atoms with Gasteiger partial charge in [0, 0.05) is 12.3 Å². The lowest BCUT2D eigenvalue weighted by Gasteiger charge is -2.29. The zero-order chi connectivity index (χ0) is 12.2. The minimum atomic E-state index is -0.589. The predicted molar refractivity (Wildman–Crippen MR) is 63.2 cm³/mol. The van der Waals surface area contributed by atoms with E-state index >= 15 is 0 Å². The maximum atomic E-state index is 11.4. The van der Waals surface area contributed by atoms with Crippen LogP contribution in [0.15, 0.2) is 12.2 Å². The van der Waals surface area contributed by atoms with Crippen LogP contribution < -0.4 is 0 Å². The first-order valence-electron chi connectivity index (χ1n) is 6.57. The van der Waals surface area contributed by atoms with Gasteiger partial charge in [-0.3, -0.25) is 4.79 Å². The molecule has 0 bridgehead atoms. The van der Waals surface area contributed by atoms with Crippen LogP contribution in [0, 0.1) is 17.8 Å². The zero-order valence-electron chi connectivity index (χ0n) is 10.3. The third kappa shape index (κ3) is 1.71. The highest BCUT2D eigenvalue weighted by Gasteiger charge is 2.50. The largest absolute Gasteiger partial charge is 0.462 e. The Kier molecular flexibility index (Phi) is 2.37. The van der Waals surface area contributed by atoms with E-state index in [0.717, 1.165) is 25.7 Å². The average molecular weight is 236 g/mol. The van der Waals surface area contributed by atoms with Crippen LogP contribution in [-0.2, 0) is 9.53 Å². The third-order valence-corrected chi connectivity index (χ3v) is 5.03. The van der Waals surface area contributed by atoms with E-state index in [-0.39, 0.29) is 18.0 Å². The zero-order valence-corrected chi connectivity index (χ0v) is 10.3. The second-order valence-corrected chi connectivity index (χ2v) is 6.20. The number of fused-ring (bicyclic) bond motifs is 2. The molecule has 0 spiro atoms. The quantitative estimate of drug-likeness (QED) is 0.517. The molecule has 0 amide bonds. The van der Waals surface area contributed by atoms with Crippen molar-refractivity contribution in [1.82, 2.24) is 0 Å². The van der Waals surface area contributed by atoms with Gasteiger partial charge in [0.05, 0.1) is 12.0 Å². The van der Waals surface area contributed by atoms with E-state index in [2.05, 4.69) is 6.58 Å². The van der Waals surface area contributed by atoms with Crippen molar-refractivity contribution in [2.45, 2.75) is 50.7 Å². The molecular formula is C14H20O3. The van der Waals surface area contributed by atoms with Gasteiger partial charge < -0.3 is 9.84 Å². The molecule has 94 valence electrons. The van der Waals surface area contributed by atoms with Crippen molar-refractivity contribution < 1.29 is 14.6 Å². The molecule has 0 unspecified atom stereocenters. The molecule has 3 nitrogen and oxygen atoms in total. The van der Waals surface area contributed by atoms with Gasteiger partial charge in [0.1, 0.15) is 6.10 Å². The normalized spacial score (nSPS) is 49.5. The van der Waals surface area contributed by atoms with Gasteiger partial charge >= 0.3 is 5.97 Å². The van der Waals surface area contributed by atoms with E-state index in [9.17, 15) is 9.90 Å². The lowest BCUT2D eigenvalue weighted by molar-refractivity contribution is -0.141. The molecule has 5 atom stereocenters. The summed E-state index contributed by atoms with van der Waals surface area (Å²) in [5, 5.41) is 10.5. The van der Waals surface area contributed by atoms with Crippen LogP contribution >= 0.6 is 0 Å². The number of carbonyl (C=O) groups excluding carboxylic acids is 1. The summed E-state index contributed by atoms with van der Waals surface area (Å²) in [6, 6.07) is 0. The van der Waals surface area contributed by atoms with Crippen molar-refractivity contribution in [3.63, 3.8) is 0 Å². The van der Waals surface area contributed by atoms with E-state index in [1.165, 1.54) is 5.57 Å². The molecule has 3 fully saturated rings. The lowest BCUT2D eigenvalue weighted by Crippen LogP contribution is -2.33. The average Bonchev–Trinajstić information content (AvgIpc) is 2.66. The Hall–Kier alpha value is -0.830. The van der Waals surface area contributed by atoms with Crippen molar-refractivity contribution in [2.75, 3.05) is 0 Å². The molecule has 2 saturated carbocycles. The van der Waals surface area contributed by atoms with Crippen LogP contribution in [0.2, 0.25) is 0 Å². The lowest BCUT2D eigenvalue weighted by atomic mass is 9.79. The number of aliphatic hydroxyl groups is 1. The minimum absolute atomic E-state index is 0.0244. The number of hydrogen-bond acceptors (Lipinski definition) is 3. The van der Waals surface area contributed by atoms with Crippen LogP contribution in [-0.4, -0.2) is 22.8 Å².